The van der Waals surface area contributed by atoms with Crippen molar-refractivity contribution in [2.45, 2.75) is 26.7 Å². The van der Waals surface area contributed by atoms with Crippen LogP contribution in [0.3, 0.4) is 0 Å². The third kappa shape index (κ3) is 7.12. The van der Waals surface area contributed by atoms with Crippen molar-refractivity contribution < 1.29 is 24.1 Å². The number of aromatic nitrogens is 2. The Bertz CT molecular complexity index is 1310. The molecule has 11 nitrogen and oxygen atoms in total. The summed E-state index contributed by atoms with van der Waals surface area (Å²) in [7, 11) is 1.58. The highest BCUT2D eigenvalue weighted by Gasteiger charge is 2.19. The normalized spacial score (nSPS) is 14.4. The number of nitrogens with two attached hydrogens (primary N) is 1. The Balaban J connectivity index is 1.59. The first-order valence-corrected chi connectivity index (χ1v) is 13.0. The molecule has 0 atom stereocenters. The largest absolute Gasteiger partial charge is 0.493 e. The summed E-state index contributed by atoms with van der Waals surface area (Å²) in [6, 6.07) is 9.46. The number of aryl methyl sites for hydroxylation is 2. The molecule has 2 heterocycles. The van der Waals surface area contributed by atoms with Crippen molar-refractivity contribution in [3.63, 3.8) is 0 Å². The van der Waals surface area contributed by atoms with E-state index < -0.39 is 5.97 Å². The first kappa shape index (κ1) is 28.1. The van der Waals surface area contributed by atoms with Gasteiger partial charge in [0.15, 0.2) is 17.3 Å². The second-order valence-electron chi connectivity index (χ2n) is 9.38. The van der Waals surface area contributed by atoms with Gasteiger partial charge in [0.25, 0.3) is 0 Å². The lowest BCUT2D eigenvalue weighted by Crippen LogP contribution is -2.39. The van der Waals surface area contributed by atoms with Gasteiger partial charge >= 0.3 is 5.97 Å². The van der Waals surface area contributed by atoms with Crippen molar-refractivity contribution in [2.75, 3.05) is 58.0 Å². The zero-order chi connectivity index (χ0) is 27.8. The summed E-state index contributed by atoms with van der Waals surface area (Å²) in [4.78, 5) is 28.9. The molecule has 1 aliphatic heterocycles. The van der Waals surface area contributed by atoms with Gasteiger partial charge in [-0.2, -0.15) is 4.99 Å². The fourth-order valence-corrected chi connectivity index (χ4v) is 4.66. The lowest BCUT2D eigenvalue weighted by atomic mass is 10.1. The minimum Gasteiger partial charge on any atom is -0.493 e. The van der Waals surface area contributed by atoms with E-state index in [4.69, 9.17) is 19.9 Å². The van der Waals surface area contributed by atoms with E-state index in [1.807, 2.05) is 38.1 Å². The molecule has 39 heavy (non-hydrogen) atoms. The molecule has 0 radical (unpaired) electrons. The van der Waals surface area contributed by atoms with Gasteiger partial charge in [-0.15, -0.1) is 0 Å². The minimum atomic E-state index is -0.922. The van der Waals surface area contributed by atoms with Crippen LogP contribution in [0.2, 0.25) is 0 Å². The average Bonchev–Trinajstić information content (AvgIpc) is 2.92. The highest BCUT2D eigenvalue weighted by Crippen LogP contribution is 2.35. The molecule has 3 aromatic rings. The van der Waals surface area contributed by atoms with Crippen LogP contribution in [0.5, 0.6) is 11.5 Å². The number of guanidine groups is 1. The monoisotopic (exact) mass is 536 g/mol. The Labute approximate surface area is 228 Å². The molecule has 0 bridgehead atoms. The van der Waals surface area contributed by atoms with Crippen molar-refractivity contribution >= 4 is 34.3 Å². The summed E-state index contributed by atoms with van der Waals surface area (Å²) in [5, 5.41) is 9.96. The summed E-state index contributed by atoms with van der Waals surface area (Å²) in [5.74, 6) is 0.689. The molecule has 11 heteroatoms. The number of morpholine rings is 1. The Morgan fingerprint density at radius 1 is 1.18 bits per heavy atom. The number of ether oxygens (including phenoxy) is 3. The summed E-state index contributed by atoms with van der Waals surface area (Å²) >= 11 is 0. The van der Waals surface area contributed by atoms with Crippen LogP contribution in [0, 0.1) is 13.8 Å². The zero-order valence-corrected chi connectivity index (χ0v) is 22.7. The van der Waals surface area contributed by atoms with Crippen molar-refractivity contribution in [3.8, 4) is 11.5 Å². The molecular formula is C28H36N6O5. The number of fused-ring (bicyclic) bond motifs is 1. The number of methoxy groups -OCH3 is 1. The van der Waals surface area contributed by atoms with Crippen LogP contribution in [0.25, 0.3) is 10.9 Å². The van der Waals surface area contributed by atoms with E-state index in [1.54, 1.807) is 18.1 Å². The van der Waals surface area contributed by atoms with Crippen molar-refractivity contribution in [1.82, 2.24) is 14.9 Å². The quantitative estimate of drug-likeness (QED) is 0.213. The van der Waals surface area contributed by atoms with Gasteiger partial charge in [0.2, 0.25) is 5.96 Å². The number of carboxylic acids is 1. The summed E-state index contributed by atoms with van der Waals surface area (Å²) in [6.45, 7) is 8.99. The molecule has 1 fully saturated rings. The molecule has 0 spiro atoms. The third-order valence-corrected chi connectivity index (χ3v) is 6.64. The molecule has 1 aliphatic rings. The maximum Gasteiger partial charge on any atom is 0.305 e. The van der Waals surface area contributed by atoms with Gasteiger partial charge in [-0.25, -0.2) is 9.97 Å². The first-order valence-electron chi connectivity index (χ1n) is 13.0. The number of rotatable bonds is 11. The number of nitrogens with zero attached hydrogens (tertiary/aromatic N) is 5. The standard InChI is InChI=1S/C28H36N6O5/c1-19-6-4-7-20(2)26(19)34(10-8-25(35)36)28(29)32-27-21-16-23(37-3)24(17-22(21)30-18-31-27)39-13-5-9-33-11-14-38-15-12-33/h4,6-7,16-18H,5,8-15H2,1-3H3,(H,35,36)(H2,29,30,31,32). The van der Waals surface area contributed by atoms with Crippen LogP contribution in [0.4, 0.5) is 11.5 Å². The number of hydrogen-bond acceptors (Lipinski definition) is 8. The molecule has 4 rings (SSSR count). The van der Waals surface area contributed by atoms with E-state index >= 15 is 0 Å². The summed E-state index contributed by atoms with van der Waals surface area (Å²) in [5.41, 5.74) is 9.87. The van der Waals surface area contributed by atoms with Crippen LogP contribution in [-0.2, 0) is 9.53 Å². The topological polar surface area (TPSA) is 136 Å². The predicted molar refractivity (Wildman–Crippen MR) is 150 cm³/mol. The maximum atomic E-state index is 11.4. The van der Waals surface area contributed by atoms with Gasteiger partial charge in [0, 0.05) is 43.3 Å². The molecule has 1 aromatic heterocycles. The highest BCUT2D eigenvalue weighted by atomic mass is 16.5. The highest BCUT2D eigenvalue weighted by molar-refractivity contribution is 6.00. The van der Waals surface area contributed by atoms with Crippen LogP contribution < -0.4 is 20.1 Å². The van der Waals surface area contributed by atoms with E-state index in [-0.39, 0.29) is 18.9 Å². The average molecular weight is 537 g/mol. The number of hydrogen-bond donors (Lipinski definition) is 2. The lowest BCUT2D eigenvalue weighted by Gasteiger charge is -2.26. The number of aliphatic carboxylic acids is 1. The number of carboxylic acid groups (broad SMARTS) is 1. The molecule has 3 N–H and O–H groups in total. The second-order valence-corrected chi connectivity index (χ2v) is 9.38. The Morgan fingerprint density at radius 2 is 1.92 bits per heavy atom. The van der Waals surface area contributed by atoms with Crippen LogP contribution in [0.15, 0.2) is 41.7 Å². The number of aliphatic imine (C=N–C) groups is 1. The van der Waals surface area contributed by atoms with E-state index in [2.05, 4.69) is 19.9 Å². The van der Waals surface area contributed by atoms with Crippen molar-refractivity contribution in [3.05, 3.63) is 47.8 Å². The molecule has 0 aliphatic carbocycles. The molecule has 0 saturated carbocycles. The molecule has 1 saturated heterocycles. The predicted octanol–water partition coefficient (Wildman–Crippen LogP) is 3.28. The van der Waals surface area contributed by atoms with Crippen LogP contribution in [0.1, 0.15) is 24.0 Å². The molecular weight excluding hydrogens is 500 g/mol. The molecule has 0 amide bonds. The van der Waals surface area contributed by atoms with Crippen molar-refractivity contribution in [2.24, 2.45) is 10.7 Å². The minimum absolute atomic E-state index is 0.103. The van der Waals surface area contributed by atoms with Crippen molar-refractivity contribution in [1.29, 1.82) is 0 Å². The SMILES string of the molecule is COc1cc2c(N=C(N)N(CCC(=O)O)c3c(C)cccc3C)ncnc2cc1OCCCN1CCOCC1. The Kier molecular flexibility index (Phi) is 9.50. The second kappa shape index (κ2) is 13.2. The maximum absolute atomic E-state index is 11.4. The molecule has 2 aromatic carbocycles. The van der Waals surface area contributed by atoms with Gasteiger partial charge in [-0.3, -0.25) is 9.69 Å². The number of carbonyl (C=O) groups is 1. The van der Waals surface area contributed by atoms with Gasteiger partial charge in [0.05, 0.1) is 38.9 Å². The third-order valence-electron chi connectivity index (χ3n) is 6.64. The fourth-order valence-electron chi connectivity index (χ4n) is 4.66. The Hall–Kier alpha value is -3.96. The van der Waals surface area contributed by atoms with Gasteiger partial charge < -0.3 is 30.0 Å². The van der Waals surface area contributed by atoms with Gasteiger partial charge in [-0.05, 0) is 37.5 Å². The zero-order valence-electron chi connectivity index (χ0n) is 22.7. The van der Waals surface area contributed by atoms with E-state index in [0.29, 0.717) is 34.8 Å². The summed E-state index contributed by atoms with van der Waals surface area (Å²) in [6.07, 6.45) is 2.19. The van der Waals surface area contributed by atoms with Crippen LogP contribution in [-0.4, -0.2) is 85.0 Å². The van der Waals surface area contributed by atoms with E-state index in [9.17, 15) is 9.90 Å². The Morgan fingerprint density at radius 3 is 2.62 bits per heavy atom. The van der Waals surface area contributed by atoms with E-state index in [0.717, 1.165) is 56.1 Å². The number of anilines is 1. The molecule has 208 valence electrons. The molecule has 0 unspecified atom stereocenters. The summed E-state index contributed by atoms with van der Waals surface area (Å²) < 4.78 is 17.1. The van der Waals surface area contributed by atoms with Gasteiger partial charge in [-0.1, -0.05) is 18.2 Å². The number of benzene rings is 2. The number of para-hydroxylation sites is 1. The lowest BCUT2D eigenvalue weighted by molar-refractivity contribution is -0.136. The fraction of sp³-hybridized carbons (Fsp3) is 0.429. The first-order chi connectivity index (χ1) is 18.9. The smallest absolute Gasteiger partial charge is 0.305 e. The van der Waals surface area contributed by atoms with Gasteiger partial charge in [0.1, 0.15) is 6.33 Å². The van der Waals surface area contributed by atoms with E-state index in [1.165, 1.54) is 6.33 Å². The van der Waals surface area contributed by atoms with Crippen LogP contribution >= 0.6 is 0 Å².